The van der Waals surface area contributed by atoms with Gasteiger partial charge in [-0.05, 0) is 37.9 Å². The number of hydrogen-bond acceptors (Lipinski definition) is 4. The first-order valence-corrected chi connectivity index (χ1v) is 7.43. The molecule has 0 bridgehead atoms. The van der Waals surface area contributed by atoms with Gasteiger partial charge in [-0.1, -0.05) is 18.2 Å². The summed E-state index contributed by atoms with van der Waals surface area (Å²) < 4.78 is 10.9. The molecule has 4 heteroatoms. The third-order valence-electron chi connectivity index (χ3n) is 3.65. The summed E-state index contributed by atoms with van der Waals surface area (Å²) in [4.78, 5) is 4.38. The Kier molecular flexibility index (Phi) is 5.96. The van der Waals surface area contributed by atoms with E-state index >= 15 is 0 Å². The lowest BCUT2D eigenvalue weighted by Crippen LogP contribution is -2.20. The molecule has 0 aliphatic carbocycles. The molecule has 0 unspecified atom stereocenters. The predicted molar refractivity (Wildman–Crippen MR) is 84.5 cm³/mol. The van der Waals surface area contributed by atoms with E-state index in [1.165, 1.54) is 11.1 Å². The van der Waals surface area contributed by atoms with Crippen molar-refractivity contribution in [2.24, 2.45) is 0 Å². The fourth-order valence-electron chi connectivity index (χ4n) is 2.23. The normalized spacial score (nSPS) is 11.0. The number of benzene rings is 1. The van der Waals surface area contributed by atoms with Crippen LogP contribution in [0.2, 0.25) is 0 Å². The topological polar surface area (TPSA) is 47.3 Å². The van der Waals surface area contributed by atoms with Gasteiger partial charge in [0.2, 0.25) is 0 Å². The number of nitrogens with zero attached hydrogens (tertiary/aromatic N) is 1. The van der Waals surface area contributed by atoms with Gasteiger partial charge in [-0.15, -0.1) is 0 Å². The number of aryl methyl sites for hydroxylation is 2. The Labute approximate surface area is 126 Å². The minimum Gasteiger partial charge on any atom is -0.441 e. The van der Waals surface area contributed by atoms with Gasteiger partial charge >= 0.3 is 0 Å². The highest BCUT2D eigenvalue weighted by atomic mass is 16.5. The Hall–Kier alpha value is -1.65. The van der Waals surface area contributed by atoms with E-state index in [9.17, 15) is 0 Å². The molecule has 0 aliphatic heterocycles. The number of hydrogen-bond donors (Lipinski definition) is 1. The van der Waals surface area contributed by atoms with Crippen LogP contribution < -0.4 is 5.32 Å². The van der Waals surface area contributed by atoms with Gasteiger partial charge < -0.3 is 14.5 Å². The molecule has 0 fully saturated rings. The number of rotatable bonds is 8. The number of ether oxygens (including phenoxy) is 1. The Bertz CT molecular complexity index is 564. The van der Waals surface area contributed by atoms with Gasteiger partial charge in [0.15, 0.2) is 11.7 Å². The maximum Gasteiger partial charge on any atom is 0.194 e. The van der Waals surface area contributed by atoms with Gasteiger partial charge in [0, 0.05) is 25.6 Å². The molecular formula is C17H24N2O2. The first-order valence-electron chi connectivity index (χ1n) is 7.43. The van der Waals surface area contributed by atoms with Crippen LogP contribution in [0.3, 0.4) is 0 Å². The van der Waals surface area contributed by atoms with E-state index in [0.717, 1.165) is 49.8 Å². The molecule has 0 radical (unpaired) electrons. The van der Waals surface area contributed by atoms with Gasteiger partial charge in [0.25, 0.3) is 0 Å². The van der Waals surface area contributed by atoms with Crippen LogP contribution in [-0.4, -0.2) is 31.8 Å². The van der Waals surface area contributed by atoms with Gasteiger partial charge in [0.05, 0.1) is 12.8 Å². The first-order chi connectivity index (χ1) is 10.2. The zero-order chi connectivity index (χ0) is 15.1. The molecular weight excluding hydrogens is 264 g/mol. The molecule has 0 spiro atoms. The van der Waals surface area contributed by atoms with Crippen molar-refractivity contribution in [1.29, 1.82) is 0 Å². The fraction of sp³-hybridized carbons (Fsp3) is 0.471. The van der Waals surface area contributed by atoms with Crippen LogP contribution in [0, 0.1) is 13.8 Å². The third kappa shape index (κ3) is 4.41. The lowest BCUT2D eigenvalue weighted by Gasteiger charge is -2.05. The number of aromatic nitrogens is 1. The van der Waals surface area contributed by atoms with Crippen LogP contribution in [0.5, 0.6) is 0 Å². The summed E-state index contributed by atoms with van der Waals surface area (Å²) in [6.07, 6.45) is 3.69. The van der Waals surface area contributed by atoms with Crippen molar-refractivity contribution < 1.29 is 9.15 Å². The largest absolute Gasteiger partial charge is 0.441 e. The molecule has 0 saturated heterocycles. The second kappa shape index (κ2) is 7.96. The van der Waals surface area contributed by atoms with Crippen molar-refractivity contribution in [2.75, 3.05) is 26.8 Å². The van der Waals surface area contributed by atoms with Crippen LogP contribution in [-0.2, 0) is 11.2 Å². The zero-order valence-corrected chi connectivity index (χ0v) is 13.1. The monoisotopic (exact) mass is 288 g/mol. The molecule has 1 heterocycles. The Morgan fingerprint density at radius 3 is 2.90 bits per heavy atom. The average Bonchev–Trinajstić information content (AvgIpc) is 2.94. The third-order valence-corrected chi connectivity index (χ3v) is 3.65. The van der Waals surface area contributed by atoms with Gasteiger partial charge in [-0.3, -0.25) is 0 Å². The van der Waals surface area contributed by atoms with Crippen molar-refractivity contribution in [3.63, 3.8) is 0 Å². The molecule has 0 atom stereocenters. The van der Waals surface area contributed by atoms with Gasteiger partial charge in [-0.2, -0.15) is 0 Å². The van der Waals surface area contributed by atoms with Crippen molar-refractivity contribution in [3.8, 4) is 11.3 Å². The molecule has 0 amide bonds. The van der Waals surface area contributed by atoms with Crippen LogP contribution in [0.15, 0.2) is 28.8 Å². The summed E-state index contributed by atoms with van der Waals surface area (Å²) in [6.45, 7) is 6.81. The van der Waals surface area contributed by atoms with Crippen molar-refractivity contribution >= 4 is 0 Å². The van der Waals surface area contributed by atoms with Crippen LogP contribution in [0.1, 0.15) is 23.4 Å². The number of methoxy groups -OCH3 is 1. The highest BCUT2D eigenvalue weighted by molar-refractivity contribution is 5.62. The highest BCUT2D eigenvalue weighted by Gasteiger charge is 2.09. The Morgan fingerprint density at radius 2 is 2.10 bits per heavy atom. The molecule has 1 aromatic carbocycles. The lowest BCUT2D eigenvalue weighted by atomic mass is 10.0. The smallest absolute Gasteiger partial charge is 0.194 e. The summed E-state index contributed by atoms with van der Waals surface area (Å²) in [5.41, 5.74) is 3.65. The van der Waals surface area contributed by atoms with E-state index in [0.29, 0.717) is 0 Å². The highest BCUT2D eigenvalue weighted by Crippen LogP contribution is 2.26. The molecule has 4 nitrogen and oxygen atoms in total. The lowest BCUT2D eigenvalue weighted by molar-refractivity contribution is 0.199. The molecule has 2 aromatic rings. The second-order valence-electron chi connectivity index (χ2n) is 5.21. The van der Waals surface area contributed by atoms with E-state index in [-0.39, 0.29) is 0 Å². The van der Waals surface area contributed by atoms with Crippen LogP contribution in [0.25, 0.3) is 11.3 Å². The molecule has 2 rings (SSSR count). The summed E-state index contributed by atoms with van der Waals surface area (Å²) in [7, 11) is 1.71. The predicted octanol–water partition coefficient (Wildman–Crippen LogP) is 3.13. The van der Waals surface area contributed by atoms with Crippen LogP contribution in [0.4, 0.5) is 0 Å². The Morgan fingerprint density at radius 1 is 1.24 bits per heavy atom. The van der Waals surface area contributed by atoms with E-state index in [1.807, 2.05) is 6.20 Å². The maximum atomic E-state index is 5.87. The van der Waals surface area contributed by atoms with Gasteiger partial charge in [0.1, 0.15) is 0 Å². The van der Waals surface area contributed by atoms with E-state index in [2.05, 4.69) is 42.3 Å². The Balaban J connectivity index is 1.88. The van der Waals surface area contributed by atoms with E-state index < -0.39 is 0 Å². The first kappa shape index (κ1) is 15.7. The zero-order valence-electron chi connectivity index (χ0n) is 13.1. The van der Waals surface area contributed by atoms with Gasteiger partial charge in [-0.25, -0.2) is 4.98 Å². The molecule has 21 heavy (non-hydrogen) atoms. The maximum absolute atomic E-state index is 5.87. The number of nitrogens with one attached hydrogen (secondary N) is 1. The SMILES string of the molecule is COCCNCCCc1ncc(-c2cccc(C)c2C)o1. The summed E-state index contributed by atoms with van der Waals surface area (Å²) in [6, 6.07) is 6.25. The second-order valence-corrected chi connectivity index (χ2v) is 5.21. The van der Waals surface area contributed by atoms with Crippen molar-refractivity contribution in [3.05, 3.63) is 41.4 Å². The fourth-order valence-corrected chi connectivity index (χ4v) is 2.23. The molecule has 0 aliphatic rings. The molecule has 0 saturated carbocycles. The summed E-state index contributed by atoms with van der Waals surface area (Å²) in [5, 5.41) is 3.32. The van der Waals surface area contributed by atoms with Crippen molar-refractivity contribution in [1.82, 2.24) is 10.3 Å². The van der Waals surface area contributed by atoms with Crippen molar-refractivity contribution in [2.45, 2.75) is 26.7 Å². The standard InChI is InChI=1S/C17H24N2O2/c1-13-6-4-7-15(14(13)2)16-12-19-17(21-16)8-5-9-18-10-11-20-3/h4,6-7,12,18H,5,8-11H2,1-3H3. The molecule has 1 aromatic heterocycles. The summed E-state index contributed by atoms with van der Waals surface area (Å²) in [5.74, 6) is 1.66. The minimum atomic E-state index is 0.746. The molecule has 114 valence electrons. The van der Waals surface area contributed by atoms with E-state index in [1.54, 1.807) is 7.11 Å². The summed E-state index contributed by atoms with van der Waals surface area (Å²) >= 11 is 0. The minimum absolute atomic E-state index is 0.746. The number of oxazole rings is 1. The average molecular weight is 288 g/mol. The quantitative estimate of drug-likeness (QED) is 0.758. The van der Waals surface area contributed by atoms with E-state index in [4.69, 9.17) is 9.15 Å². The molecule has 1 N–H and O–H groups in total. The van der Waals surface area contributed by atoms with Crippen LogP contribution >= 0.6 is 0 Å².